The third-order valence-electron chi connectivity index (χ3n) is 3.07. The van der Waals surface area contributed by atoms with E-state index in [1.165, 1.54) is 0 Å². The van der Waals surface area contributed by atoms with E-state index in [0.717, 1.165) is 11.1 Å². The predicted molar refractivity (Wildman–Crippen MR) is 70.7 cm³/mol. The molecule has 0 aromatic carbocycles. The molecule has 1 amide bonds. The van der Waals surface area contributed by atoms with E-state index >= 15 is 0 Å². The van der Waals surface area contributed by atoms with Crippen molar-refractivity contribution in [1.29, 1.82) is 0 Å². The van der Waals surface area contributed by atoms with E-state index < -0.39 is 0 Å². The largest absolute Gasteiger partial charge is 0.305 e. The van der Waals surface area contributed by atoms with Crippen LogP contribution in [0.4, 0.5) is 5.82 Å². The van der Waals surface area contributed by atoms with Crippen LogP contribution in [0.25, 0.3) is 0 Å². The molecular weight excluding hydrogens is 228 g/mol. The first kappa shape index (κ1) is 12.6. The Morgan fingerprint density at radius 3 is 2.89 bits per heavy atom. The Bertz CT molecular complexity index is 496. The first-order chi connectivity index (χ1) is 8.52. The molecule has 0 bridgehead atoms. The minimum Gasteiger partial charge on any atom is -0.305 e. The Morgan fingerprint density at radius 1 is 1.56 bits per heavy atom. The number of amides is 1. The van der Waals surface area contributed by atoms with Crippen LogP contribution in [0.15, 0.2) is 24.5 Å². The molecule has 0 saturated carbocycles. The zero-order valence-electron chi connectivity index (χ0n) is 10.9. The molecule has 2 N–H and O–H groups in total. The molecule has 1 aromatic heterocycles. The fourth-order valence-corrected chi connectivity index (χ4v) is 1.86. The second-order valence-electron chi connectivity index (χ2n) is 4.64. The van der Waals surface area contributed by atoms with E-state index in [1.54, 1.807) is 12.1 Å². The van der Waals surface area contributed by atoms with E-state index in [1.807, 2.05) is 6.20 Å². The van der Waals surface area contributed by atoms with Gasteiger partial charge in [-0.1, -0.05) is 20.4 Å². The summed E-state index contributed by atoms with van der Waals surface area (Å²) in [5.74, 6) is 0.796. The Balaban J connectivity index is 2.42. The first-order valence-electron chi connectivity index (χ1n) is 5.97. The van der Waals surface area contributed by atoms with Gasteiger partial charge in [-0.15, -0.1) is 0 Å². The van der Waals surface area contributed by atoms with E-state index in [2.05, 4.69) is 42.2 Å². The summed E-state index contributed by atoms with van der Waals surface area (Å²) in [6.45, 7) is 8.58. The topological polar surface area (TPSA) is 57.3 Å². The summed E-state index contributed by atoms with van der Waals surface area (Å²) in [7, 11) is 1.77. The second kappa shape index (κ2) is 4.78. The van der Waals surface area contributed by atoms with Gasteiger partial charge in [-0.05, 0) is 17.5 Å². The number of carbonyl (C=O) groups excluding carboxylic acids is 1. The Hall–Kier alpha value is -1.88. The number of aromatic nitrogens is 1. The van der Waals surface area contributed by atoms with Crippen LogP contribution in [0.5, 0.6) is 0 Å². The molecule has 1 aliphatic heterocycles. The molecule has 96 valence electrons. The fourth-order valence-electron chi connectivity index (χ4n) is 1.86. The molecule has 0 fully saturated rings. The van der Waals surface area contributed by atoms with E-state index in [9.17, 15) is 4.79 Å². The van der Waals surface area contributed by atoms with Crippen LogP contribution < -0.4 is 10.7 Å². The third-order valence-corrected chi connectivity index (χ3v) is 3.07. The predicted octanol–water partition coefficient (Wildman–Crippen LogP) is 1.61. The summed E-state index contributed by atoms with van der Waals surface area (Å²) in [5, 5.41) is 4.49. The van der Waals surface area contributed by atoms with Crippen molar-refractivity contribution in [3.8, 4) is 0 Å². The molecule has 0 spiro atoms. The van der Waals surface area contributed by atoms with E-state index in [0.29, 0.717) is 24.0 Å². The highest BCUT2D eigenvalue weighted by Crippen LogP contribution is 2.24. The number of rotatable bonds is 2. The first-order valence-corrected chi connectivity index (χ1v) is 5.97. The molecule has 1 aromatic rings. The van der Waals surface area contributed by atoms with Crippen molar-refractivity contribution < 1.29 is 4.79 Å². The second-order valence-corrected chi connectivity index (χ2v) is 4.64. The molecule has 1 aliphatic rings. The fraction of sp³-hybridized carbons (Fsp3) is 0.385. The van der Waals surface area contributed by atoms with Crippen molar-refractivity contribution in [3.05, 3.63) is 35.7 Å². The van der Waals surface area contributed by atoms with Crippen LogP contribution in [-0.2, 0) is 11.3 Å². The van der Waals surface area contributed by atoms with Gasteiger partial charge in [-0.3, -0.25) is 9.80 Å². The molecule has 0 radical (unpaired) electrons. The Morgan fingerprint density at radius 2 is 2.28 bits per heavy atom. The van der Waals surface area contributed by atoms with Gasteiger partial charge >= 0.3 is 0 Å². The van der Waals surface area contributed by atoms with Gasteiger partial charge in [-0.25, -0.2) is 10.4 Å². The van der Waals surface area contributed by atoms with Crippen LogP contribution in [0.1, 0.15) is 30.9 Å². The van der Waals surface area contributed by atoms with Crippen molar-refractivity contribution in [2.75, 3.05) is 12.4 Å². The van der Waals surface area contributed by atoms with Crippen LogP contribution in [0, 0.1) is 0 Å². The number of hydrogen-bond donors (Lipinski definition) is 2. The molecule has 5 nitrogen and oxygen atoms in total. The maximum atomic E-state index is 11.8. The number of hydrogen-bond acceptors (Lipinski definition) is 4. The molecular formula is C13H18N4O. The lowest BCUT2D eigenvalue weighted by atomic mass is 10.0. The van der Waals surface area contributed by atoms with Gasteiger partial charge in [0.25, 0.3) is 5.91 Å². The van der Waals surface area contributed by atoms with Gasteiger partial charge < -0.3 is 5.32 Å². The van der Waals surface area contributed by atoms with Gasteiger partial charge in [0.15, 0.2) is 0 Å². The van der Waals surface area contributed by atoms with Crippen LogP contribution in [0.2, 0.25) is 0 Å². The standard InChI is InChI=1S/C13H18N4O/c1-8(2)10-5-11-7-17(14-4)9(3)13(18)16-12(11)15-6-10/h5-6,8,14H,3,7H2,1-2,4H3,(H,15,16,18). The van der Waals surface area contributed by atoms with Crippen molar-refractivity contribution in [2.24, 2.45) is 0 Å². The SMILES string of the molecule is C=C1C(=O)Nc2ncc(C(C)C)cc2CN1NC. The van der Waals surface area contributed by atoms with Crippen LogP contribution >= 0.6 is 0 Å². The molecule has 18 heavy (non-hydrogen) atoms. The average Bonchev–Trinajstić information content (AvgIpc) is 2.47. The summed E-state index contributed by atoms with van der Waals surface area (Å²) in [6.07, 6.45) is 1.81. The van der Waals surface area contributed by atoms with Crippen LogP contribution in [-0.4, -0.2) is 22.9 Å². The molecule has 0 saturated heterocycles. The molecule has 0 atom stereocenters. The molecule has 0 aliphatic carbocycles. The summed E-state index contributed by atoms with van der Waals surface area (Å²) < 4.78 is 0. The number of nitrogens with one attached hydrogen (secondary N) is 2. The minimum absolute atomic E-state index is 0.229. The summed E-state index contributed by atoms with van der Waals surface area (Å²) in [4.78, 5) is 16.2. The number of anilines is 1. The number of carbonyl (C=O) groups is 1. The van der Waals surface area contributed by atoms with Crippen molar-refractivity contribution in [2.45, 2.75) is 26.3 Å². The molecule has 0 unspecified atom stereocenters. The lowest BCUT2D eigenvalue weighted by molar-refractivity contribution is -0.114. The normalized spacial score (nSPS) is 15.4. The maximum absolute atomic E-state index is 11.8. The smallest absolute Gasteiger partial charge is 0.273 e. The zero-order chi connectivity index (χ0) is 13.3. The summed E-state index contributed by atoms with van der Waals surface area (Å²) in [6, 6.07) is 2.08. The van der Waals surface area contributed by atoms with Crippen molar-refractivity contribution >= 4 is 11.7 Å². The summed E-state index contributed by atoms with van der Waals surface area (Å²) in [5.41, 5.74) is 5.50. The maximum Gasteiger partial charge on any atom is 0.273 e. The van der Waals surface area contributed by atoms with Gasteiger partial charge in [0, 0.05) is 18.8 Å². The van der Waals surface area contributed by atoms with Crippen LogP contribution in [0.3, 0.4) is 0 Å². The van der Waals surface area contributed by atoms with E-state index in [-0.39, 0.29) is 5.91 Å². The quantitative estimate of drug-likeness (QED) is 0.778. The van der Waals surface area contributed by atoms with Gasteiger partial charge in [0.2, 0.25) is 0 Å². The lowest BCUT2D eigenvalue weighted by Gasteiger charge is -2.21. The molecule has 2 heterocycles. The number of hydrazine groups is 1. The number of fused-ring (bicyclic) bond motifs is 1. The minimum atomic E-state index is -0.229. The third kappa shape index (κ3) is 2.22. The van der Waals surface area contributed by atoms with Gasteiger partial charge in [0.1, 0.15) is 11.5 Å². The highest BCUT2D eigenvalue weighted by atomic mass is 16.2. The highest BCUT2D eigenvalue weighted by Gasteiger charge is 2.22. The van der Waals surface area contributed by atoms with E-state index in [4.69, 9.17) is 0 Å². The lowest BCUT2D eigenvalue weighted by Crippen LogP contribution is -2.36. The van der Waals surface area contributed by atoms with Crippen molar-refractivity contribution in [3.63, 3.8) is 0 Å². The average molecular weight is 246 g/mol. The highest BCUT2D eigenvalue weighted by molar-refractivity contribution is 6.03. The Labute approximate surface area is 107 Å². The Kier molecular flexibility index (Phi) is 3.34. The number of pyridine rings is 1. The van der Waals surface area contributed by atoms with Gasteiger partial charge in [0.05, 0.1) is 6.54 Å². The molecule has 2 rings (SSSR count). The van der Waals surface area contributed by atoms with Crippen molar-refractivity contribution in [1.82, 2.24) is 15.4 Å². The zero-order valence-corrected chi connectivity index (χ0v) is 10.9. The monoisotopic (exact) mass is 246 g/mol. The summed E-state index contributed by atoms with van der Waals surface area (Å²) >= 11 is 0. The van der Waals surface area contributed by atoms with Gasteiger partial charge in [-0.2, -0.15) is 0 Å². The molecule has 5 heteroatoms. The number of nitrogens with zero attached hydrogens (tertiary/aromatic N) is 2.